The number of nitrogens with one attached hydrogen (secondary N) is 2. The summed E-state index contributed by atoms with van der Waals surface area (Å²) in [6, 6.07) is 6.85. The number of aromatic amines is 1. The van der Waals surface area contributed by atoms with Crippen molar-refractivity contribution >= 4 is 17.3 Å². The minimum absolute atomic E-state index is 0.239. The topological polar surface area (TPSA) is 127 Å². The number of hydrogen-bond donors (Lipinski definition) is 2. The van der Waals surface area contributed by atoms with Gasteiger partial charge in [0.1, 0.15) is 5.69 Å². The van der Waals surface area contributed by atoms with Gasteiger partial charge in [-0.05, 0) is 30.7 Å². The van der Waals surface area contributed by atoms with Crippen molar-refractivity contribution in [2.24, 2.45) is 0 Å². The van der Waals surface area contributed by atoms with Gasteiger partial charge >= 0.3 is 5.69 Å². The number of rotatable bonds is 5. The van der Waals surface area contributed by atoms with E-state index in [0.29, 0.717) is 29.5 Å². The van der Waals surface area contributed by atoms with Gasteiger partial charge in [0.15, 0.2) is 11.7 Å². The normalized spacial score (nSPS) is 10.6. The first kappa shape index (κ1) is 16.4. The lowest BCUT2D eigenvalue weighted by Gasteiger charge is -2.04. The fourth-order valence-electron chi connectivity index (χ4n) is 2.38. The Morgan fingerprint density at radius 3 is 2.64 bits per heavy atom. The van der Waals surface area contributed by atoms with Gasteiger partial charge in [-0.25, -0.2) is 4.98 Å². The van der Waals surface area contributed by atoms with E-state index in [-0.39, 0.29) is 11.4 Å². The van der Waals surface area contributed by atoms with E-state index in [1.807, 2.05) is 0 Å². The Balaban J connectivity index is 1.80. The van der Waals surface area contributed by atoms with Crippen molar-refractivity contribution in [2.45, 2.75) is 20.3 Å². The molecule has 2 heterocycles. The molecule has 2 N–H and O–H groups in total. The second-order valence-corrected chi connectivity index (χ2v) is 5.29. The van der Waals surface area contributed by atoms with Crippen LogP contribution in [0.5, 0.6) is 0 Å². The number of amides is 1. The van der Waals surface area contributed by atoms with E-state index in [4.69, 9.17) is 4.42 Å². The highest BCUT2D eigenvalue weighted by Crippen LogP contribution is 2.24. The van der Waals surface area contributed by atoms with Crippen LogP contribution < -0.4 is 5.32 Å². The molecule has 0 saturated heterocycles. The maximum absolute atomic E-state index is 12.3. The van der Waals surface area contributed by atoms with Crippen molar-refractivity contribution in [3.05, 3.63) is 57.9 Å². The van der Waals surface area contributed by atoms with E-state index >= 15 is 0 Å². The number of carbonyl (C=O) groups is 1. The molecule has 3 rings (SSSR count). The largest absolute Gasteiger partial charge is 0.441 e. The van der Waals surface area contributed by atoms with Crippen molar-refractivity contribution in [2.75, 3.05) is 5.32 Å². The average Bonchev–Trinajstić information content (AvgIpc) is 3.21. The summed E-state index contributed by atoms with van der Waals surface area (Å²) in [7, 11) is 0. The van der Waals surface area contributed by atoms with Crippen molar-refractivity contribution in [3.63, 3.8) is 0 Å². The smallest absolute Gasteiger partial charge is 0.322 e. The molecule has 0 radical (unpaired) electrons. The third kappa shape index (κ3) is 3.25. The maximum atomic E-state index is 12.3. The number of H-pyrrole nitrogens is 1. The van der Waals surface area contributed by atoms with E-state index in [9.17, 15) is 14.9 Å². The van der Waals surface area contributed by atoms with E-state index in [1.165, 1.54) is 0 Å². The van der Waals surface area contributed by atoms with Crippen molar-refractivity contribution in [1.29, 1.82) is 0 Å². The number of oxazole rings is 1. The Bertz CT molecular complexity index is 926. The lowest BCUT2D eigenvalue weighted by molar-refractivity contribution is -0.385. The van der Waals surface area contributed by atoms with Crippen LogP contribution in [0, 0.1) is 17.0 Å². The number of anilines is 1. The highest BCUT2D eigenvalue weighted by molar-refractivity contribution is 6.05. The van der Waals surface area contributed by atoms with Crippen LogP contribution in [0.4, 0.5) is 11.4 Å². The van der Waals surface area contributed by atoms with Crippen LogP contribution in [0.3, 0.4) is 0 Å². The molecule has 2 aromatic heterocycles. The molecule has 9 nitrogen and oxygen atoms in total. The first-order valence-corrected chi connectivity index (χ1v) is 7.55. The molecule has 25 heavy (non-hydrogen) atoms. The highest BCUT2D eigenvalue weighted by atomic mass is 16.6. The van der Waals surface area contributed by atoms with Gasteiger partial charge in [0.25, 0.3) is 5.91 Å². The summed E-state index contributed by atoms with van der Waals surface area (Å²) in [5.74, 6) is 0.529. The summed E-state index contributed by atoms with van der Waals surface area (Å²) in [4.78, 5) is 26.9. The van der Waals surface area contributed by atoms with E-state index in [2.05, 4.69) is 20.5 Å². The van der Waals surface area contributed by atoms with Gasteiger partial charge in [-0.2, -0.15) is 5.10 Å². The Morgan fingerprint density at radius 1 is 1.36 bits per heavy atom. The van der Waals surface area contributed by atoms with Gasteiger partial charge in [-0.3, -0.25) is 20.0 Å². The Labute approximate surface area is 142 Å². The lowest BCUT2D eigenvalue weighted by Crippen LogP contribution is -2.14. The van der Waals surface area contributed by atoms with E-state index in [1.54, 1.807) is 44.3 Å². The zero-order valence-corrected chi connectivity index (χ0v) is 13.6. The van der Waals surface area contributed by atoms with Crippen molar-refractivity contribution < 1.29 is 14.1 Å². The second kappa shape index (κ2) is 6.56. The molecule has 1 aromatic carbocycles. The van der Waals surface area contributed by atoms with Gasteiger partial charge in [-0.15, -0.1) is 0 Å². The average molecular weight is 341 g/mol. The summed E-state index contributed by atoms with van der Waals surface area (Å²) in [5.41, 5.74) is 1.06. The SMILES string of the molecule is CCc1[nH]nc(C(=O)Nc2ccc(-c3cnc(C)o3)cc2)c1[N+](=O)[O-]. The Morgan fingerprint density at radius 2 is 2.08 bits per heavy atom. The van der Waals surface area contributed by atoms with Gasteiger partial charge in [-0.1, -0.05) is 6.92 Å². The zero-order valence-electron chi connectivity index (χ0n) is 13.6. The van der Waals surface area contributed by atoms with Gasteiger partial charge in [0.2, 0.25) is 5.69 Å². The van der Waals surface area contributed by atoms with Crippen LogP contribution in [-0.4, -0.2) is 26.0 Å². The lowest BCUT2D eigenvalue weighted by atomic mass is 10.1. The quantitative estimate of drug-likeness (QED) is 0.542. The summed E-state index contributed by atoms with van der Waals surface area (Å²) in [6.45, 7) is 3.49. The molecule has 128 valence electrons. The maximum Gasteiger partial charge on any atom is 0.322 e. The fourth-order valence-corrected chi connectivity index (χ4v) is 2.38. The van der Waals surface area contributed by atoms with Crippen LogP contribution in [0.25, 0.3) is 11.3 Å². The van der Waals surface area contributed by atoms with Crippen LogP contribution in [-0.2, 0) is 6.42 Å². The fraction of sp³-hybridized carbons (Fsp3) is 0.188. The predicted molar refractivity (Wildman–Crippen MR) is 89.2 cm³/mol. The minimum atomic E-state index is -0.647. The molecule has 0 unspecified atom stereocenters. The van der Waals surface area contributed by atoms with Gasteiger partial charge in [0.05, 0.1) is 11.1 Å². The van der Waals surface area contributed by atoms with Gasteiger partial charge in [0, 0.05) is 18.2 Å². The standard InChI is InChI=1S/C16H15N5O4/c1-3-12-15(21(23)24)14(20-19-12)16(22)18-11-6-4-10(5-7-11)13-8-17-9(2)25-13/h4-8H,3H2,1-2H3,(H,18,22)(H,19,20). The zero-order chi connectivity index (χ0) is 18.0. The van der Waals surface area contributed by atoms with Crippen LogP contribution in [0.15, 0.2) is 34.9 Å². The summed E-state index contributed by atoms with van der Waals surface area (Å²) in [6.07, 6.45) is 1.99. The number of hydrogen-bond acceptors (Lipinski definition) is 6. The molecule has 0 aliphatic rings. The third-order valence-corrected chi connectivity index (χ3v) is 3.61. The van der Waals surface area contributed by atoms with Crippen molar-refractivity contribution in [3.8, 4) is 11.3 Å². The molecule has 0 saturated carbocycles. The molecule has 3 aromatic rings. The number of nitrogens with zero attached hydrogens (tertiary/aromatic N) is 3. The number of benzene rings is 1. The molecular weight excluding hydrogens is 326 g/mol. The van der Waals surface area contributed by atoms with Crippen LogP contribution in [0.2, 0.25) is 0 Å². The third-order valence-electron chi connectivity index (χ3n) is 3.61. The molecule has 0 bridgehead atoms. The molecular formula is C16H15N5O4. The van der Waals surface area contributed by atoms with Crippen molar-refractivity contribution in [1.82, 2.24) is 15.2 Å². The summed E-state index contributed by atoms with van der Waals surface area (Å²) < 4.78 is 5.43. The van der Waals surface area contributed by atoms with Crippen LogP contribution >= 0.6 is 0 Å². The molecule has 1 amide bonds. The minimum Gasteiger partial charge on any atom is -0.441 e. The Hall–Kier alpha value is -3.49. The second-order valence-electron chi connectivity index (χ2n) is 5.29. The molecule has 0 aliphatic carbocycles. The molecule has 9 heteroatoms. The summed E-state index contributed by atoms with van der Waals surface area (Å²) in [5, 5.41) is 20.1. The number of nitro groups is 1. The molecule has 0 spiro atoms. The molecule has 0 aliphatic heterocycles. The molecule has 0 atom stereocenters. The van der Waals surface area contributed by atoms with Crippen LogP contribution in [0.1, 0.15) is 29.0 Å². The van der Waals surface area contributed by atoms with E-state index < -0.39 is 10.8 Å². The summed E-state index contributed by atoms with van der Waals surface area (Å²) >= 11 is 0. The van der Waals surface area contributed by atoms with E-state index in [0.717, 1.165) is 5.56 Å². The highest BCUT2D eigenvalue weighted by Gasteiger charge is 2.28. The monoisotopic (exact) mass is 341 g/mol. The van der Waals surface area contributed by atoms with Gasteiger partial charge < -0.3 is 9.73 Å². The number of aryl methyl sites for hydroxylation is 2. The molecule has 0 fully saturated rings. The Kier molecular flexibility index (Phi) is 4.29. The first-order valence-electron chi connectivity index (χ1n) is 7.55. The number of aromatic nitrogens is 3. The number of carbonyl (C=O) groups excluding carboxylic acids is 1. The predicted octanol–water partition coefficient (Wildman–Crippen LogP) is 3.10. The first-order chi connectivity index (χ1) is 12.0.